The van der Waals surface area contributed by atoms with Crippen molar-refractivity contribution in [3.05, 3.63) is 22.9 Å². The predicted octanol–water partition coefficient (Wildman–Crippen LogP) is 1.67. The molecule has 13 heavy (non-hydrogen) atoms. The van der Waals surface area contributed by atoms with E-state index < -0.39 is 7.60 Å². The smallest absolute Gasteiger partial charge is 0.321 e. The van der Waals surface area contributed by atoms with Gasteiger partial charge in [0.05, 0.1) is 5.30 Å². The molecule has 0 saturated heterocycles. The van der Waals surface area contributed by atoms with Gasteiger partial charge in [-0.2, -0.15) is 0 Å². The molecule has 0 atom stereocenters. The molecule has 0 aliphatic rings. The average Bonchev–Trinajstić information content (AvgIpc) is 2.07. The van der Waals surface area contributed by atoms with Crippen LogP contribution in [0.15, 0.2) is 22.9 Å². The number of aromatic nitrogens is 1. The Morgan fingerprint density at radius 1 is 1.46 bits per heavy atom. The molecule has 2 N–H and O–H groups in total. The van der Waals surface area contributed by atoms with Gasteiger partial charge in [0.2, 0.25) is 0 Å². The second-order valence-electron chi connectivity index (χ2n) is 1.87. The zero-order valence-corrected chi connectivity index (χ0v) is 9.79. The quantitative estimate of drug-likeness (QED) is 0.760. The lowest BCUT2D eigenvalue weighted by Crippen LogP contribution is -2.05. The third kappa shape index (κ3) is 4.00. The van der Waals surface area contributed by atoms with Crippen LogP contribution in [-0.2, 0) is 4.57 Å². The molecule has 1 heterocycles. The first kappa shape index (κ1) is 12.8. The molecule has 0 aromatic carbocycles. The summed E-state index contributed by atoms with van der Waals surface area (Å²) < 4.78 is 11.1. The summed E-state index contributed by atoms with van der Waals surface area (Å²) in [6.45, 7) is 4.00. The SMILES string of the molecule is CC.O=P(O)(O)c1cnccc1Br. The highest BCUT2D eigenvalue weighted by molar-refractivity contribution is 9.10. The topological polar surface area (TPSA) is 70.4 Å². The van der Waals surface area contributed by atoms with Gasteiger partial charge in [0.1, 0.15) is 0 Å². The second kappa shape index (κ2) is 5.50. The maximum atomic E-state index is 10.7. The first-order chi connectivity index (χ1) is 6.02. The zero-order valence-electron chi connectivity index (χ0n) is 7.31. The first-order valence-corrected chi connectivity index (χ1v) is 6.08. The molecule has 6 heteroatoms. The van der Waals surface area contributed by atoms with Crippen LogP contribution < -0.4 is 5.30 Å². The van der Waals surface area contributed by atoms with Gasteiger partial charge in [-0.25, -0.2) is 0 Å². The molecule has 0 aliphatic carbocycles. The van der Waals surface area contributed by atoms with E-state index in [1.54, 1.807) is 0 Å². The number of nitrogens with zero attached hydrogens (tertiary/aromatic N) is 1. The Bertz CT molecular complexity index is 312. The molecule has 0 radical (unpaired) electrons. The number of hydrogen-bond donors (Lipinski definition) is 2. The molecule has 0 amide bonds. The Balaban J connectivity index is 0.000000671. The van der Waals surface area contributed by atoms with E-state index in [0.717, 1.165) is 6.20 Å². The lowest BCUT2D eigenvalue weighted by molar-refractivity contribution is 0.387. The first-order valence-electron chi connectivity index (χ1n) is 3.67. The Morgan fingerprint density at radius 2 is 2.00 bits per heavy atom. The van der Waals surface area contributed by atoms with E-state index in [2.05, 4.69) is 20.9 Å². The molecular weight excluding hydrogens is 257 g/mol. The van der Waals surface area contributed by atoms with Crippen molar-refractivity contribution in [2.45, 2.75) is 13.8 Å². The summed E-state index contributed by atoms with van der Waals surface area (Å²) in [7, 11) is -4.17. The van der Waals surface area contributed by atoms with Gasteiger partial charge in [-0.15, -0.1) is 0 Å². The van der Waals surface area contributed by atoms with E-state index in [0.29, 0.717) is 4.47 Å². The summed E-state index contributed by atoms with van der Waals surface area (Å²) >= 11 is 3.00. The minimum Gasteiger partial charge on any atom is -0.321 e. The molecule has 0 aliphatic heterocycles. The van der Waals surface area contributed by atoms with Crippen LogP contribution in [0.5, 0.6) is 0 Å². The van der Waals surface area contributed by atoms with E-state index in [-0.39, 0.29) is 5.30 Å². The summed E-state index contributed by atoms with van der Waals surface area (Å²) in [4.78, 5) is 21.0. The predicted molar refractivity (Wildman–Crippen MR) is 55.0 cm³/mol. The molecule has 0 fully saturated rings. The third-order valence-electron chi connectivity index (χ3n) is 1.06. The van der Waals surface area contributed by atoms with Gasteiger partial charge in [-0.05, 0) is 22.0 Å². The van der Waals surface area contributed by atoms with Crippen molar-refractivity contribution in [1.29, 1.82) is 0 Å². The molecule has 0 unspecified atom stereocenters. The van der Waals surface area contributed by atoms with Crippen molar-refractivity contribution in [2.24, 2.45) is 0 Å². The molecule has 4 nitrogen and oxygen atoms in total. The summed E-state index contributed by atoms with van der Waals surface area (Å²) in [6.07, 6.45) is 2.59. The lowest BCUT2D eigenvalue weighted by atomic mass is 10.5. The van der Waals surface area contributed by atoms with Crippen molar-refractivity contribution in [3.63, 3.8) is 0 Å². The van der Waals surface area contributed by atoms with Crippen LogP contribution in [0.25, 0.3) is 0 Å². The number of pyridine rings is 1. The van der Waals surface area contributed by atoms with Crippen molar-refractivity contribution in [2.75, 3.05) is 0 Å². The highest BCUT2D eigenvalue weighted by Crippen LogP contribution is 2.35. The van der Waals surface area contributed by atoms with E-state index in [1.165, 1.54) is 12.3 Å². The lowest BCUT2D eigenvalue weighted by Gasteiger charge is -2.03. The summed E-state index contributed by atoms with van der Waals surface area (Å²) in [5, 5.41) is -0.0833. The molecule has 0 bridgehead atoms. The third-order valence-corrected chi connectivity index (χ3v) is 3.04. The van der Waals surface area contributed by atoms with E-state index in [1.807, 2.05) is 13.8 Å². The largest absolute Gasteiger partial charge is 0.358 e. The summed E-state index contributed by atoms with van der Waals surface area (Å²) in [5.74, 6) is 0. The summed E-state index contributed by atoms with van der Waals surface area (Å²) in [6, 6.07) is 1.48. The number of halogens is 1. The minimum atomic E-state index is -4.17. The van der Waals surface area contributed by atoms with Crippen LogP contribution in [0.4, 0.5) is 0 Å². The van der Waals surface area contributed by atoms with Gasteiger partial charge < -0.3 is 9.79 Å². The van der Waals surface area contributed by atoms with Gasteiger partial charge in [0, 0.05) is 16.9 Å². The van der Waals surface area contributed by atoms with Crippen molar-refractivity contribution >= 4 is 28.8 Å². The Hall–Kier alpha value is -0.220. The fourth-order valence-corrected chi connectivity index (χ4v) is 2.07. The monoisotopic (exact) mass is 267 g/mol. The minimum absolute atomic E-state index is 0.0833. The standard InChI is InChI=1S/C5H5BrNO3P.C2H6/c6-4-1-2-7-3-5(4)11(8,9)10;1-2/h1-3H,(H2,8,9,10);1-2H3. The van der Waals surface area contributed by atoms with Crippen LogP contribution in [-0.4, -0.2) is 14.8 Å². The van der Waals surface area contributed by atoms with Gasteiger partial charge >= 0.3 is 7.60 Å². The van der Waals surface area contributed by atoms with E-state index in [9.17, 15) is 4.57 Å². The van der Waals surface area contributed by atoms with Crippen LogP contribution >= 0.6 is 23.5 Å². The van der Waals surface area contributed by atoms with Crippen molar-refractivity contribution < 1.29 is 14.4 Å². The second-order valence-corrected chi connectivity index (χ2v) is 4.30. The normalized spacial score (nSPS) is 10.2. The maximum absolute atomic E-state index is 10.7. The van der Waals surface area contributed by atoms with Gasteiger partial charge in [0.25, 0.3) is 0 Å². The van der Waals surface area contributed by atoms with Gasteiger partial charge in [0.15, 0.2) is 0 Å². The molecule has 0 spiro atoms. The average molecular weight is 268 g/mol. The number of hydrogen-bond acceptors (Lipinski definition) is 2. The Morgan fingerprint density at radius 3 is 2.31 bits per heavy atom. The van der Waals surface area contributed by atoms with Crippen LogP contribution in [0.1, 0.15) is 13.8 Å². The van der Waals surface area contributed by atoms with Gasteiger partial charge in [-0.3, -0.25) is 9.55 Å². The molecule has 1 aromatic heterocycles. The van der Waals surface area contributed by atoms with Crippen LogP contribution in [0.3, 0.4) is 0 Å². The fourth-order valence-electron chi connectivity index (χ4n) is 0.583. The van der Waals surface area contributed by atoms with E-state index >= 15 is 0 Å². The molecular formula is C7H11BrNO3P. The van der Waals surface area contributed by atoms with Crippen molar-refractivity contribution in [3.8, 4) is 0 Å². The highest BCUT2D eigenvalue weighted by atomic mass is 79.9. The maximum Gasteiger partial charge on any atom is 0.358 e. The fraction of sp³-hybridized carbons (Fsp3) is 0.286. The molecule has 74 valence electrons. The van der Waals surface area contributed by atoms with E-state index in [4.69, 9.17) is 9.79 Å². The van der Waals surface area contributed by atoms with Crippen LogP contribution in [0, 0.1) is 0 Å². The molecule has 0 saturated carbocycles. The Labute approximate surface area is 85.3 Å². The van der Waals surface area contributed by atoms with Crippen molar-refractivity contribution in [1.82, 2.24) is 4.98 Å². The van der Waals surface area contributed by atoms with Gasteiger partial charge in [-0.1, -0.05) is 13.8 Å². The highest BCUT2D eigenvalue weighted by Gasteiger charge is 2.19. The molecule has 1 aromatic rings. The number of rotatable bonds is 1. The van der Waals surface area contributed by atoms with Crippen LogP contribution in [0.2, 0.25) is 0 Å². The zero-order chi connectivity index (χ0) is 10.5. The molecule has 1 rings (SSSR count). The summed E-state index contributed by atoms with van der Waals surface area (Å²) in [5.41, 5.74) is 0. The Kier molecular flexibility index (Phi) is 5.40.